The van der Waals surface area contributed by atoms with Crippen molar-refractivity contribution in [3.63, 3.8) is 0 Å². The van der Waals surface area contributed by atoms with Crippen LogP contribution in [0.3, 0.4) is 0 Å². The van der Waals surface area contributed by atoms with E-state index in [-0.39, 0.29) is 0 Å². The van der Waals surface area contributed by atoms with Crippen molar-refractivity contribution in [2.75, 3.05) is 0 Å². The highest BCUT2D eigenvalue weighted by Crippen LogP contribution is 2.29. The molecule has 0 fully saturated rings. The van der Waals surface area contributed by atoms with Gasteiger partial charge in [-0.3, -0.25) is 0 Å². The van der Waals surface area contributed by atoms with Gasteiger partial charge in [-0.15, -0.1) is 0 Å². The molecular formula is C94H62. The molecule has 0 aliphatic rings. The third-order valence-electron chi connectivity index (χ3n) is 18.9. The van der Waals surface area contributed by atoms with E-state index >= 15 is 0 Å². The van der Waals surface area contributed by atoms with Crippen LogP contribution in [0.1, 0.15) is 44.5 Å². The fourth-order valence-electron chi connectivity index (χ4n) is 14.5. The van der Waals surface area contributed by atoms with Gasteiger partial charge in [0.15, 0.2) is 0 Å². The zero-order chi connectivity index (χ0) is 62.3. The average Bonchev–Trinajstić information content (AvgIpc) is 0.709. The van der Waals surface area contributed by atoms with Gasteiger partial charge in [-0.2, -0.15) is 0 Å². The van der Waals surface area contributed by atoms with Gasteiger partial charge in [0.2, 0.25) is 0 Å². The molecule has 0 spiro atoms. The summed E-state index contributed by atoms with van der Waals surface area (Å²) in [6.07, 6.45) is 19.4. The topological polar surface area (TPSA) is 0 Å². The zero-order valence-corrected chi connectivity index (χ0v) is 51.8. The second kappa shape index (κ2) is 24.2. The lowest BCUT2D eigenvalue weighted by molar-refractivity contribution is 1.60. The van der Waals surface area contributed by atoms with E-state index in [0.717, 1.165) is 44.5 Å². The summed E-state index contributed by atoms with van der Waals surface area (Å²) >= 11 is 0. The molecule has 17 rings (SSSR count). The summed E-state index contributed by atoms with van der Waals surface area (Å²) in [6.45, 7) is 0. The van der Waals surface area contributed by atoms with E-state index in [9.17, 15) is 0 Å². The molecule has 0 nitrogen and oxygen atoms in total. The molecular weight excluding hydrogens is 1130 g/mol. The third-order valence-corrected chi connectivity index (χ3v) is 18.9. The van der Waals surface area contributed by atoms with Crippen molar-refractivity contribution < 1.29 is 0 Å². The highest BCUT2D eigenvalue weighted by molar-refractivity contribution is 6.16. The fourth-order valence-corrected chi connectivity index (χ4v) is 14.5. The monoisotopic (exact) mass is 1190 g/mol. The molecule has 0 N–H and O–H groups in total. The molecule has 0 saturated heterocycles. The minimum absolute atomic E-state index is 1.13. The van der Waals surface area contributed by atoms with Crippen LogP contribution in [0.2, 0.25) is 0 Å². The maximum absolute atomic E-state index is 2.56. The van der Waals surface area contributed by atoms with Crippen LogP contribution in [0.25, 0.3) is 135 Å². The Kier molecular flexibility index (Phi) is 14.4. The summed E-state index contributed by atoms with van der Waals surface area (Å²) in [6, 6.07) is 120. The molecule has 0 aliphatic heterocycles. The van der Waals surface area contributed by atoms with E-state index in [1.54, 1.807) is 0 Å². The highest BCUT2D eigenvalue weighted by atomic mass is 14.2. The quantitative estimate of drug-likeness (QED) is 0.133. The molecule has 17 aromatic carbocycles. The molecule has 438 valence electrons. The first kappa shape index (κ1) is 55.8. The first-order valence-corrected chi connectivity index (χ1v) is 32.5. The lowest BCUT2D eigenvalue weighted by Crippen LogP contribution is -2.22. The van der Waals surface area contributed by atoms with Crippen LogP contribution in [0, 0.1) is 0 Å². The minimum atomic E-state index is 1.13. The number of hydrogen-bond donors (Lipinski definition) is 0. The van der Waals surface area contributed by atoms with Crippen molar-refractivity contribution >= 4 is 135 Å². The molecule has 0 amide bonds. The number of rotatable bonds is 8. The minimum Gasteiger partial charge on any atom is -0.0622 e. The number of benzene rings is 17. The van der Waals surface area contributed by atoms with Crippen LogP contribution in [0.15, 0.2) is 328 Å². The van der Waals surface area contributed by atoms with Crippen LogP contribution in [0.4, 0.5) is 0 Å². The predicted octanol–water partition coefficient (Wildman–Crippen LogP) is 17.5. The Morgan fingerprint density at radius 3 is 0.340 bits per heavy atom. The maximum Gasteiger partial charge on any atom is -0.00921 e. The van der Waals surface area contributed by atoms with Crippen molar-refractivity contribution in [2.24, 2.45) is 0 Å². The summed E-state index contributed by atoms with van der Waals surface area (Å²) in [5.74, 6) is 0. The molecule has 94 heavy (non-hydrogen) atoms. The van der Waals surface area contributed by atoms with E-state index < -0.39 is 0 Å². The predicted molar refractivity (Wildman–Crippen MR) is 404 cm³/mol. The highest BCUT2D eigenvalue weighted by Gasteiger charge is 2.18. The van der Waals surface area contributed by atoms with Crippen molar-refractivity contribution in [3.05, 3.63) is 414 Å². The zero-order valence-electron chi connectivity index (χ0n) is 51.8. The van der Waals surface area contributed by atoms with E-state index in [1.165, 1.54) is 128 Å². The first-order valence-electron chi connectivity index (χ1n) is 32.5. The Morgan fingerprint density at radius 1 is 0.106 bits per heavy atom. The van der Waals surface area contributed by atoms with Gasteiger partial charge in [0.25, 0.3) is 0 Å². The Hall–Kier alpha value is -12.2. The molecule has 0 heteroatoms. The number of hydrogen-bond acceptors (Lipinski definition) is 0. The molecule has 0 radical (unpaired) electrons. The van der Waals surface area contributed by atoms with Crippen LogP contribution < -0.4 is 41.7 Å². The lowest BCUT2D eigenvalue weighted by Gasteiger charge is -2.16. The molecule has 0 saturated carbocycles. The van der Waals surface area contributed by atoms with Gasteiger partial charge in [-0.25, -0.2) is 0 Å². The first-order chi connectivity index (χ1) is 46.6. The van der Waals surface area contributed by atoms with E-state index in [2.05, 4.69) is 376 Å². The van der Waals surface area contributed by atoms with Gasteiger partial charge in [0.05, 0.1) is 0 Å². The Morgan fingerprint density at radius 2 is 0.213 bits per heavy atom. The summed E-state index contributed by atoms with van der Waals surface area (Å²) < 4.78 is 0. The van der Waals surface area contributed by atoms with Gasteiger partial charge >= 0.3 is 0 Å². The molecule has 0 unspecified atom stereocenters. The van der Waals surface area contributed by atoms with Crippen LogP contribution in [0.5, 0.6) is 0 Å². The summed E-state index contributed by atoms with van der Waals surface area (Å²) in [5, 5.41) is 28.5. The molecule has 0 bridgehead atoms. The molecule has 0 atom stereocenters. The second-order valence-corrected chi connectivity index (χ2v) is 24.7. The average molecular weight is 1190 g/mol. The lowest BCUT2D eigenvalue weighted by atomic mass is 9.87. The van der Waals surface area contributed by atoms with Gasteiger partial charge < -0.3 is 0 Å². The van der Waals surface area contributed by atoms with Gasteiger partial charge in [0.1, 0.15) is 0 Å². The largest absolute Gasteiger partial charge is 0.0622 e. The van der Waals surface area contributed by atoms with Crippen molar-refractivity contribution in [2.45, 2.75) is 0 Å². The van der Waals surface area contributed by atoms with E-state index in [0.29, 0.717) is 0 Å². The normalized spacial score (nSPS) is 13.6. The fraction of sp³-hybridized carbons (Fsp3) is 0. The van der Waals surface area contributed by atoms with Crippen molar-refractivity contribution in [3.8, 4) is 0 Å². The molecule has 0 heterocycles. The number of fused-ring (bicyclic) bond motifs is 8. The SMILES string of the molecule is C(/c1ccccc1)=c1\c2ccccc2/c(=C\c2ccccc2)c2cc3/c(=C\c4ccccc4)c4cc5/c(=C\c6ccccc6)c6cc7/c(=C\c8ccccc8)c8ccccc8/c(=C\c8ccccc8)c7cc6/c(=C\c6ccccc6)c5cc4/c(=C\c4ccccc4)c3cc12. The smallest absolute Gasteiger partial charge is 0.00921 e. The van der Waals surface area contributed by atoms with Gasteiger partial charge in [-0.1, -0.05) is 291 Å². The van der Waals surface area contributed by atoms with E-state index in [1.807, 2.05) is 0 Å². The molecule has 0 aromatic heterocycles. The maximum atomic E-state index is 2.56. The Bertz CT molecular complexity index is 5580. The van der Waals surface area contributed by atoms with Crippen molar-refractivity contribution in [1.82, 2.24) is 0 Å². The summed E-state index contributed by atoms with van der Waals surface area (Å²) in [5.41, 5.74) is 9.15. The molecule has 17 aromatic rings. The van der Waals surface area contributed by atoms with Crippen LogP contribution in [-0.2, 0) is 0 Å². The Labute approximate surface area is 545 Å². The molecule has 0 aliphatic carbocycles. The van der Waals surface area contributed by atoms with Crippen LogP contribution >= 0.6 is 0 Å². The third kappa shape index (κ3) is 10.4. The summed E-state index contributed by atoms with van der Waals surface area (Å²) in [7, 11) is 0. The Balaban J connectivity index is 1.15. The van der Waals surface area contributed by atoms with E-state index in [4.69, 9.17) is 0 Å². The second-order valence-electron chi connectivity index (χ2n) is 24.7. The van der Waals surface area contributed by atoms with Gasteiger partial charge in [-0.05, 0) is 257 Å². The van der Waals surface area contributed by atoms with Crippen LogP contribution in [-0.4, -0.2) is 0 Å². The summed E-state index contributed by atoms with van der Waals surface area (Å²) in [4.78, 5) is 0. The van der Waals surface area contributed by atoms with Crippen molar-refractivity contribution in [1.29, 1.82) is 0 Å². The standard InChI is InChI=1S/C94H62/c1-9-29-63(30-10-1)49-75-71-45-25-26-46-72(71)76(50-64-31-11-2-12-32-64)84-58-88-80(54-68-39-19-6-20-40-68)92-62-94-82(56-70-43-23-8-24-44-70)90-60-86-78(52-66-35-15-4-16-36-66)74-48-28-27-47-73(74)77(51-65-33-13-3-14-34-65)85(86)59-89(90)81(55-69-41-21-7-22-42-69)93(94)61-91(92)79(87(88)57-83(75)84)53-67-37-17-5-18-38-67/h1-62H/b75-49-,76-50+,77-51+,78-52-,79-53-,80-54+,81-55+,82-56-. The van der Waals surface area contributed by atoms with Gasteiger partial charge in [0, 0.05) is 0 Å².